The highest BCUT2D eigenvalue weighted by molar-refractivity contribution is 5.67. The van der Waals surface area contributed by atoms with Crippen molar-refractivity contribution < 1.29 is 9.53 Å². The van der Waals surface area contributed by atoms with Gasteiger partial charge in [-0.3, -0.25) is 0 Å². The van der Waals surface area contributed by atoms with Gasteiger partial charge < -0.3 is 20.7 Å². The fraction of sp³-hybridized carbons (Fsp3) is 0.917. The van der Waals surface area contributed by atoms with Gasteiger partial charge in [0.05, 0.1) is 0 Å². The Balaban J connectivity index is 2.28. The van der Waals surface area contributed by atoms with E-state index in [1.165, 1.54) is 0 Å². The largest absolute Gasteiger partial charge is 0.444 e. The summed E-state index contributed by atoms with van der Waals surface area (Å²) in [6.07, 6.45) is 0.664. The number of nitrogens with two attached hydrogens (primary N) is 1. The van der Waals surface area contributed by atoms with Crippen molar-refractivity contribution in [1.29, 1.82) is 0 Å². The second kappa shape index (κ2) is 5.69. The molecule has 2 atom stereocenters. The van der Waals surface area contributed by atoms with Gasteiger partial charge in [0.2, 0.25) is 0 Å². The van der Waals surface area contributed by atoms with Gasteiger partial charge in [-0.1, -0.05) is 0 Å². The summed E-state index contributed by atoms with van der Waals surface area (Å²) in [6, 6.07) is 0.128. The molecule has 0 aromatic rings. The lowest BCUT2D eigenvalue weighted by Crippen LogP contribution is -2.50. The first-order valence-electron chi connectivity index (χ1n) is 6.19. The number of ether oxygens (including phenoxy) is 1. The molecule has 1 rings (SSSR count). The summed E-state index contributed by atoms with van der Waals surface area (Å²) in [5, 5.41) is 2.79. The first kappa shape index (κ1) is 14.3. The Hall–Kier alpha value is -0.810. The fourth-order valence-corrected chi connectivity index (χ4v) is 1.98. The molecule has 0 radical (unpaired) electrons. The van der Waals surface area contributed by atoms with E-state index in [2.05, 4.69) is 17.3 Å². The van der Waals surface area contributed by atoms with Crippen LogP contribution in [0.25, 0.3) is 0 Å². The van der Waals surface area contributed by atoms with Gasteiger partial charge in [0, 0.05) is 19.1 Å². The van der Waals surface area contributed by atoms with E-state index in [1.54, 1.807) is 0 Å². The maximum atomic E-state index is 11.5. The SMILES string of the molecule is CN1CCC(CNC(=O)OC(C)(C)C)C(N)C1. The Morgan fingerprint density at radius 3 is 2.71 bits per heavy atom. The van der Waals surface area contributed by atoms with Crippen molar-refractivity contribution in [2.45, 2.75) is 38.8 Å². The van der Waals surface area contributed by atoms with Crippen LogP contribution in [0.2, 0.25) is 0 Å². The number of carbonyl (C=O) groups is 1. The summed E-state index contributed by atoms with van der Waals surface area (Å²) < 4.78 is 5.18. The number of nitrogens with zero attached hydrogens (tertiary/aromatic N) is 1. The molecule has 100 valence electrons. The third-order valence-electron chi connectivity index (χ3n) is 2.92. The van der Waals surface area contributed by atoms with Crippen molar-refractivity contribution in [3.05, 3.63) is 0 Å². The predicted molar refractivity (Wildman–Crippen MR) is 67.8 cm³/mol. The van der Waals surface area contributed by atoms with Gasteiger partial charge in [-0.05, 0) is 46.7 Å². The molecule has 5 nitrogen and oxygen atoms in total. The van der Waals surface area contributed by atoms with E-state index >= 15 is 0 Å². The minimum atomic E-state index is -0.445. The van der Waals surface area contributed by atoms with E-state index in [1.807, 2.05) is 20.8 Å². The molecule has 0 bridgehead atoms. The van der Waals surface area contributed by atoms with Crippen LogP contribution in [-0.4, -0.2) is 49.3 Å². The van der Waals surface area contributed by atoms with Gasteiger partial charge >= 0.3 is 6.09 Å². The lowest BCUT2D eigenvalue weighted by molar-refractivity contribution is 0.0508. The number of hydrogen-bond acceptors (Lipinski definition) is 4. The number of rotatable bonds is 2. The molecular formula is C12H25N3O2. The lowest BCUT2D eigenvalue weighted by Gasteiger charge is -2.34. The van der Waals surface area contributed by atoms with Crippen LogP contribution in [0.15, 0.2) is 0 Å². The van der Waals surface area contributed by atoms with E-state index in [0.717, 1.165) is 19.5 Å². The van der Waals surface area contributed by atoms with E-state index in [4.69, 9.17) is 10.5 Å². The Kier molecular flexibility index (Phi) is 4.77. The molecule has 5 heteroatoms. The maximum absolute atomic E-state index is 11.5. The summed E-state index contributed by atoms with van der Waals surface area (Å²) in [6.45, 7) is 8.09. The molecule has 0 saturated carbocycles. The highest BCUT2D eigenvalue weighted by Crippen LogP contribution is 2.14. The zero-order valence-electron chi connectivity index (χ0n) is 11.3. The standard InChI is InChI=1S/C12H25N3O2/c1-12(2,3)17-11(16)14-7-9-5-6-15(4)8-10(9)13/h9-10H,5-8,13H2,1-4H3,(H,14,16). The number of carbonyl (C=O) groups excluding carboxylic acids is 1. The van der Waals surface area contributed by atoms with Gasteiger partial charge in [-0.25, -0.2) is 4.79 Å². The third-order valence-corrected chi connectivity index (χ3v) is 2.92. The van der Waals surface area contributed by atoms with Gasteiger partial charge in [-0.2, -0.15) is 0 Å². The molecule has 2 unspecified atom stereocenters. The third kappa shape index (κ3) is 5.37. The first-order chi connectivity index (χ1) is 7.78. The number of alkyl carbamates (subject to hydrolysis) is 1. The van der Waals surface area contributed by atoms with Gasteiger partial charge in [-0.15, -0.1) is 0 Å². The molecule has 0 aliphatic carbocycles. The molecule has 0 aromatic carbocycles. The number of hydrogen-bond donors (Lipinski definition) is 2. The van der Waals surface area contributed by atoms with Crippen LogP contribution in [0.1, 0.15) is 27.2 Å². The van der Waals surface area contributed by atoms with E-state index in [0.29, 0.717) is 12.5 Å². The Labute approximate surface area is 104 Å². The van der Waals surface area contributed by atoms with Crippen LogP contribution in [0.3, 0.4) is 0 Å². The Morgan fingerprint density at radius 2 is 2.18 bits per heavy atom. The van der Waals surface area contributed by atoms with Crippen LogP contribution in [0.5, 0.6) is 0 Å². The minimum absolute atomic E-state index is 0.128. The van der Waals surface area contributed by atoms with Gasteiger partial charge in [0.25, 0.3) is 0 Å². The molecular weight excluding hydrogens is 218 g/mol. The molecule has 3 N–H and O–H groups in total. The molecule has 1 amide bonds. The average Bonchev–Trinajstić information content (AvgIpc) is 2.13. The second-order valence-electron chi connectivity index (χ2n) is 5.86. The lowest BCUT2D eigenvalue weighted by atomic mass is 9.92. The predicted octanol–water partition coefficient (Wildman–Crippen LogP) is 0.790. The highest BCUT2D eigenvalue weighted by atomic mass is 16.6. The van der Waals surface area contributed by atoms with Crippen molar-refractivity contribution in [3.63, 3.8) is 0 Å². The van der Waals surface area contributed by atoms with Crippen LogP contribution in [0, 0.1) is 5.92 Å². The number of amides is 1. The summed E-state index contributed by atoms with van der Waals surface area (Å²) in [4.78, 5) is 13.7. The van der Waals surface area contributed by atoms with Crippen molar-refractivity contribution >= 4 is 6.09 Å². The van der Waals surface area contributed by atoms with E-state index in [-0.39, 0.29) is 12.1 Å². The number of likely N-dealkylation sites (N-methyl/N-ethyl adjacent to an activating group) is 1. The quantitative estimate of drug-likeness (QED) is 0.752. The van der Waals surface area contributed by atoms with Crippen molar-refractivity contribution in [3.8, 4) is 0 Å². The van der Waals surface area contributed by atoms with Crippen LogP contribution >= 0.6 is 0 Å². The number of piperidine rings is 1. The minimum Gasteiger partial charge on any atom is -0.444 e. The van der Waals surface area contributed by atoms with Crippen LogP contribution in [0.4, 0.5) is 4.79 Å². The highest BCUT2D eigenvalue weighted by Gasteiger charge is 2.25. The van der Waals surface area contributed by atoms with Gasteiger partial charge in [0.1, 0.15) is 5.60 Å². The first-order valence-corrected chi connectivity index (χ1v) is 6.19. The zero-order valence-corrected chi connectivity index (χ0v) is 11.3. The summed E-state index contributed by atoms with van der Waals surface area (Å²) in [5.41, 5.74) is 5.60. The molecule has 1 heterocycles. The molecule has 0 aromatic heterocycles. The molecule has 0 spiro atoms. The smallest absolute Gasteiger partial charge is 0.407 e. The normalized spacial score (nSPS) is 26.6. The Morgan fingerprint density at radius 1 is 1.53 bits per heavy atom. The molecule has 1 aliphatic heterocycles. The second-order valence-corrected chi connectivity index (χ2v) is 5.86. The van der Waals surface area contributed by atoms with Crippen LogP contribution in [-0.2, 0) is 4.74 Å². The van der Waals surface area contributed by atoms with Gasteiger partial charge in [0.15, 0.2) is 0 Å². The summed E-state index contributed by atoms with van der Waals surface area (Å²) >= 11 is 0. The van der Waals surface area contributed by atoms with Crippen molar-refractivity contribution in [2.24, 2.45) is 11.7 Å². The molecule has 1 aliphatic rings. The number of likely N-dealkylation sites (tertiary alicyclic amines) is 1. The molecule has 1 saturated heterocycles. The molecule has 17 heavy (non-hydrogen) atoms. The topological polar surface area (TPSA) is 67.6 Å². The number of nitrogens with one attached hydrogen (secondary N) is 1. The van der Waals surface area contributed by atoms with Crippen molar-refractivity contribution in [2.75, 3.05) is 26.7 Å². The van der Waals surface area contributed by atoms with Crippen LogP contribution < -0.4 is 11.1 Å². The monoisotopic (exact) mass is 243 g/mol. The average molecular weight is 243 g/mol. The van der Waals surface area contributed by atoms with E-state index < -0.39 is 5.60 Å². The fourth-order valence-electron chi connectivity index (χ4n) is 1.98. The summed E-state index contributed by atoms with van der Waals surface area (Å²) in [7, 11) is 2.07. The Bertz CT molecular complexity index is 263. The van der Waals surface area contributed by atoms with E-state index in [9.17, 15) is 4.79 Å². The van der Waals surface area contributed by atoms with Crippen molar-refractivity contribution in [1.82, 2.24) is 10.2 Å². The summed E-state index contributed by atoms with van der Waals surface area (Å²) in [5.74, 6) is 0.346. The maximum Gasteiger partial charge on any atom is 0.407 e. The zero-order chi connectivity index (χ0) is 13.1. The molecule has 1 fully saturated rings.